The van der Waals surface area contributed by atoms with E-state index in [0.29, 0.717) is 24.1 Å². The van der Waals surface area contributed by atoms with Gasteiger partial charge in [0.1, 0.15) is 6.54 Å². The molecule has 0 bridgehead atoms. The van der Waals surface area contributed by atoms with E-state index in [1.165, 1.54) is 33.5 Å². The quantitative estimate of drug-likeness (QED) is 0.700. The lowest BCUT2D eigenvalue weighted by atomic mass is 10.1. The van der Waals surface area contributed by atoms with Gasteiger partial charge in [0.05, 0.1) is 22.2 Å². The number of amides is 3. The highest BCUT2D eigenvalue weighted by Crippen LogP contribution is 2.28. The predicted octanol–water partition coefficient (Wildman–Crippen LogP) is 2.18. The van der Waals surface area contributed by atoms with Crippen LogP contribution in [-0.2, 0) is 14.8 Å². The molecule has 0 N–H and O–H groups in total. The minimum Gasteiger partial charge on any atom is -0.312 e. The largest absolute Gasteiger partial charge is 0.332 e. The lowest BCUT2D eigenvalue weighted by Gasteiger charge is -2.35. The van der Waals surface area contributed by atoms with Gasteiger partial charge in [0.2, 0.25) is 10.0 Å². The van der Waals surface area contributed by atoms with Crippen LogP contribution >= 0.6 is 0 Å². The van der Waals surface area contributed by atoms with Crippen molar-refractivity contribution in [2.75, 3.05) is 24.5 Å². The highest BCUT2D eigenvalue weighted by Gasteiger charge is 2.42. The highest BCUT2D eigenvalue weighted by molar-refractivity contribution is 7.89. The number of nitrogens with zero attached hydrogens (tertiary/aromatic N) is 4. The van der Waals surface area contributed by atoms with Gasteiger partial charge < -0.3 is 4.90 Å². The second-order valence-corrected chi connectivity index (χ2v) is 9.18. The van der Waals surface area contributed by atoms with Crippen LogP contribution < -0.4 is 4.90 Å². The van der Waals surface area contributed by atoms with E-state index in [-0.39, 0.29) is 42.5 Å². The molecule has 0 aliphatic carbocycles. The Morgan fingerprint density at radius 2 is 1.57 bits per heavy atom. The van der Waals surface area contributed by atoms with Crippen molar-refractivity contribution in [2.45, 2.75) is 23.8 Å². The third-order valence-corrected chi connectivity index (χ3v) is 7.40. The Labute approximate surface area is 175 Å². The Kier molecular flexibility index (Phi) is 5.28. The van der Waals surface area contributed by atoms with Crippen molar-refractivity contribution >= 4 is 27.6 Å². The summed E-state index contributed by atoms with van der Waals surface area (Å²) in [5.41, 5.74) is 0.934. The van der Waals surface area contributed by atoms with Crippen LogP contribution in [0.2, 0.25) is 0 Å². The summed E-state index contributed by atoms with van der Waals surface area (Å²) in [7, 11) is -3.67. The predicted molar refractivity (Wildman–Crippen MR) is 109 cm³/mol. The van der Waals surface area contributed by atoms with Crippen molar-refractivity contribution in [1.82, 2.24) is 9.21 Å². The summed E-state index contributed by atoms with van der Waals surface area (Å²) in [5, 5.41) is 8.88. The monoisotopic (exact) mass is 424 g/mol. The summed E-state index contributed by atoms with van der Waals surface area (Å²) in [6, 6.07) is 16.0. The molecule has 154 valence electrons. The van der Waals surface area contributed by atoms with Crippen LogP contribution in [0.15, 0.2) is 59.5 Å². The number of carbonyl (C=O) groups is 2. The Morgan fingerprint density at radius 1 is 0.933 bits per heavy atom. The van der Waals surface area contributed by atoms with Gasteiger partial charge in [-0.1, -0.05) is 18.2 Å². The first kappa shape index (κ1) is 20.1. The summed E-state index contributed by atoms with van der Waals surface area (Å²) >= 11 is 0. The van der Waals surface area contributed by atoms with E-state index in [0.717, 1.165) is 0 Å². The molecule has 3 amide bonds. The number of hydrogen-bond acceptors (Lipinski definition) is 5. The molecule has 0 saturated carbocycles. The molecule has 0 radical (unpaired) electrons. The van der Waals surface area contributed by atoms with Crippen LogP contribution in [0.4, 0.5) is 10.5 Å². The molecule has 30 heavy (non-hydrogen) atoms. The Bertz CT molecular complexity index is 1100. The van der Waals surface area contributed by atoms with Gasteiger partial charge in [0.25, 0.3) is 5.91 Å². The highest BCUT2D eigenvalue weighted by atomic mass is 32.2. The lowest BCUT2D eigenvalue weighted by molar-refractivity contribution is -0.116. The van der Waals surface area contributed by atoms with Crippen molar-refractivity contribution in [3.63, 3.8) is 0 Å². The van der Waals surface area contributed by atoms with Gasteiger partial charge in [-0.05, 0) is 49.2 Å². The molecule has 8 nitrogen and oxygen atoms in total. The molecule has 0 atom stereocenters. The van der Waals surface area contributed by atoms with E-state index >= 15 is 0 Å². The number of piperidine rings is 1. The van der Waals surface area contributed by atoms with E-state index in [9.17, 15) is 18.0 Å². The van der Waals surface area contributed by atoms with Gasteiger partial charge in [-0.25, -0.2) is 18.1 Å². The molecular formula is C21H20N4O4S. The van der Waals surface area contributed by atoms with Crippen LogP contribution in [0.25, 0.3) is 0 Å². The maximum absolute atomic E-state index is 12.9. The standard InChI is InChI=1S/C21H20N4O4S/c22-14-16-6-8-19(9-7-16)30(28,29)23-12-10-17(11-13-23)24-15-20(26)25(21(24)27)18-4-2-1-3-5-18/h1-9,17H,10-13,15H2. The summed E-state index contributed by atoms with van der Waals surface area (Å²) in [4.78, 5) is 28.1. The number of hydrogen-bond donors (Lipinski definition) is 0. The average Bonchev–Trinajstić information content (AvgIpc) is 3.08. The van der Waals surface area contributed by atoms with Gasteiger partial charge in [-0.2, -0.15) is 9.57 Å². The fraction of sp³-hybridized carbons (Fsp3) is 0.286. The van der Waals surface area contributed by atoms with Crippen LogP contribution in [0.3, 0.4) is 0 Å². The molecule has 2 fully saturated rings. The Balaban J connectivity index is 1.44. The zero-order valence-corrected chi connectivity index (χ0v) is 17.0. The minimum absolute atomic E-state index is 0.000760. The smallest absolute Gasteiger partial charge is 0.312 e. The first-order valence-electron chi connectivity index (χ1n) is 9.61. The van der Waals surface area contributed by atoms with Crippen molar-refractivity contribution in [2.24, 2.45) is 0 Å². The molecule has 4 rings (SSSR count). The zero-order valence-electron chi connectivity index (χ0n) is 16.1. The molecule has 2 heterocycles. The fourth-order valence-corrected chi connectivity index (χ4v) is 5.35. The number of anilines is 1. The molecule has 2 aliphatic heterocycles. The molecule has 2 aromatic rings. The molecule has 0 unspecified atom stereocenters. The number of nitriles is 1. The molecule has 0 aromatic heterocycles. The summed E-state index contributed by atoms with van der Waals surface area (Å²) in [6.45, 7) is 0.521. The maximum Gasteiger partial charge on any atom is 0.332 e. The second-order valence-electron chi connectivity index (χ2n) is 7.25. The van der Waals surface area contributed by atoms with Crippen molar-refractivity contribution in [1.29, 1.82) is 5.26 Å². The number of sulfonamides is 1. The van der Waals surface area contributed by atoms with Gasteiger partial charge in [0, 0.05) is 19.1 Å². The number of benzene rings is 2. The van der Waals surface area contributed by atoms with Crippen LogP contribution in [-0.4, -0.2) is 55.2 Å². The van der Waals surface area contributed by atoms with Gasteiger partial charge >= 0.3 is 6.03 Å². The van der Waals surface area contributed by atoms with Gasteiger partial charge in [-0.15, -0.1) is 0 Å². The average molecular weight is 424 g/mol. The minimum atomic E-state index is -3.67. The number of urea groups is 1. The second kappa shape index (κ2) is 7.89. The SMILES string of the molecule is N#Cc1ccc(S(=O)(=O)N2CCC(N3CC(=O)N(c4ccccc4)C3=O)CC2)cc1. The third-order valence-electron chi connectivity index (χ3n) is 5.49. The Hall–Kier alpha value is -3.22. The molecular weight excluding hydrogens is 404 g/mol. The number of rotatable bonds is 4. The van der Waals surface area contributed by atoms with Crippen LogP contribution in [0.5, 0.6) is 0 Å². The van der Waals surface area contributed by atoms with Gasteiger partial charge in [0.15, 0.2) is 0 Å². The van der Waals surface area contributed by atoms with Crippen LogP contribution in [0, 0.1) is 11.3 Å². The Morgan fingerprint density at radius 3 is 2.17 bits per heavy atom. The first-order valence-corrected chi connectivity index (χ1v) is 11.0. The molecule has 2 aromatic carbocycles. The van der Waals surface area contributed by atoms with Crippen LogP contribution in [0.1, 0.15) is 18.4 Å². The first-order chi connectivity index (χ1) is 14.4. The van der Waals surface area contributed by atoms with Crippen molar-refractivity contribution < 1.29 is 18.0 Å². The summed E-state index contributed by atoms with van der Waals surface area (Å²) in [5.74, 6) is -0.279. The number of carbonyl (C=O) groups excluding carboxylic acids is 2. The van der Waals surface area contributed by atoms with Crippen molar-refractivity contribution in [3.8, 4) is 6.07 Å². The molecule has 9 heteroatoms. The zero-order chi connectivity index (χ0) is 21.3. The maximum atomic E-state index is 12.9. The van der Waals surface area contributed by atoms with E-state index < -0.39 is 10.0 Å². The summed E-state index contributed by atoms with van der Waals surface area (Å²) in [6.07, 6.45) is 0.911. The summed E-state index contributed by atoms with van der Waals surface area (Å²) < 4.78 is 27.1. The molecule has 2 aliphatic rings. The number of imide groups is 1. The van der Waals surface area contributed by atoms with E-state index in [1.54, 1.807) is 29.2 Å². The van der Waals surface area contributed by atoms with E-state index in [2.05, 4.69) is 0 Å². The number of para-hydroxylation sites is 1. The van der Waals surface area contributed by atoms with Crippen molar-refractivity contribution in [3.05, 3.63) is 60.2 Å². The molecule has 2 saturated heterocycles. The topological polar surface area (TPSA) is 102 Å². The van der Waals surface area contributed by atoms with E-state index in [1.807, 2.05) is 12.1 Å². The third kappa shape index (κ3) is 3.56. The fourth-order valence-electron chi connectivity index (χ4n) is 3.88. The normalized spacial score (nSPS) is 18.6. The molecule has 0 spiro atoms. The van der Waals surface area contributed by atoms with E-state index in [4.69, 9.17) is 5.26 Å². The lowest BCUT2D eigenvalue weighted by Crippen LogP contribution is -2.48. The van der Waals surface area contributed by atoms with Gasteiger partial charge in [-0.3, -0.25) is 4.79 Å².